The molecule has 0 aliphatic rings. The van der Waals surface area contributed by atoms with Gasteiger partial charge in [0.15, 0.2) is 0 Å². The molecular formula is C9H13N3O3. The van der Waals surface area contributed by atoms with Gasteiger partial charge >= 0.3 is 5.97 Å². The quantitative estimate of drug-likeness (QED) is 0.687. The number of nitrogens with zero attached hydrogens (tertiary/aromatic N) is 1. The molecule has 0 aliphatic carbocycles. The van der Waals surface area contributed by atoms with Crippen LogP contribution in [0.3, 0.4) is 0 Å². The molecule has 0 fully saturated rings. The molecule has 6 heteroatoms. The number of rotatable bonds is 4. The van der Waals surface area contributed by atoms with E-state index in [1.54, 1.807) is 13.8 Å². The summed E-state index contributed by atoms with van der Waals surface area (Å²) in [5.74, 6) is -1.30. The van der Waals surface area contributed by atoms with Crippen molar-refractivity contribution in [3.8, 4) is 0 Å². The third-order valence-electron chi connectivity index (χ3n) is 1.96. The monoisotopic (exact) mass is 211 g/mol. The largest absolute Gasteiger partial charge is 0.481 e. The van der Waals surface area contributed by atoms with E-state index in [4.69, 9.17) is 5.11 Å². The first-order chi connectivity index (χ1) is 7.00. The van der Waals surface area contributed by atoms with E-state index in [9.17, 15) is 9.59 Å². The number of anilines is 1. The molecule has 3 N–H and O–H groups in total. The van der Waals surface area contributed by atoms with Crippen molar-refractivity contribution in [2.24, 2.45) is 0 Å². The van der Waals surface area contributed by atoms with E-state index in [0.29, 0.717) is 11.4 Å². The van der Waals surface area contributed by atoms with Gasteiger partial charge in [-0.25, -0.2) is 0 Å². The maximum Gasteiger partial charge on any atom is 0.303 e. The molecule has 1 amide bonds. The molecule has 0 bridgehead atoms. The van der Waals surface area contributed by atoms with E-state index in [1.165, 1.54) is 0 Å². The van der Waals surface area contributed by atoms with Crippen molar-refractivity contribution in [2.45, 2.75) is 26.7 Å². The number of hydrogen-bond donors (Lipinski definition) is 3. The fourth-order valence-corrected chi connectivity index (χ4v) is 1.16. The SMILES string of the molecule is Cc1n[nH]c(C)c1NC(=O)CCC(=O)O. The number of aliphatic carboxylic acids is 1. The molecule has 82 valence electrons. The van der Waals surface area contributed by atoms with Gasteiger partial charge in [0.25, 0.3) is 0 Å². The molecule has 0 saturated carbocycles. The summed E-state index contributed by atoms with van der Waals surface area (Å²) < 4.78 is 0. The molecule has 1 rings (SSSR count). The minimum absolute atomic E-state index is 0.0284. The number of aromatic nitrogens is 2. The van der Waals surface area contributed by atoms with Gasteiger partial charge in [0.2, 0.25) is 5.91 Å². The zero-order valence-electron chi connectivity index (χ0n) is 8.63. The molecule has 1 heterocycles. The van der Waals surface area contributed by atoms with Crippen LogP contribution in [0.4, 0.5) is 5.69 Å². The fourth-order valence-electron chi connectivity index (χ4n) is 1.16. The maximum absolute atomic E-state index is 11.3. The van der Waals surface area contributed by atoms with Crippen LogP contribution in [0.5, 0.6) is 0 Å². The Kier molecular flexibility index (Phi) is 3.43. The summed E-state index contributed by atoms with van der Waals surface area (Å²) in [4.78, 5) is 21.5. The molecule has 0 spiro atoms. The van der Waals surface area contributed by atoms with Crippen LogP contribution >= 0.6 is 0 Å². The van der Waals surface area contributed by atoms with Crippen molar-refractivity contribution in [1.82, 2.24) is 10.2 Å². The van der Waals surface area contributed by atoms with Crippen molar-refractivity contribution < 1.29 is 14.7 Å². The van der Waals surface area contributed by atoms with Crippen LogP contribution < -0.4 is 5.32 Å². The lowest BCUT2D eigenvalue weighted by Gasteiger charge is -2.03. The predicted octanol–water partition coefficient (Wildman–Crippen LogP) is 0.830. The van der Waals surface area contributed by atoms with Crippen molar-refractivity contribution >= 4 is 17.6 Å². The molecule has 1 aromatic heterocycles. The average molecular weight is 211 g/mol. The molecule has 0 aromatic carbocycles. The molecule has 0 radical (unpaired) electrons. The summed E-state index contributed by atoms with van der Waals surface area (Å²) in [5.41, 5.74) is 2.08. The van der Waals surface area contributed by atoms with Crippen LogP contribution in [0.1, 0.15) is 24.2 Å². The summed E-state index contributed by atoms with van der Waals surface area (Å²) in [5, 5.41) is 17.7. The standard InChI is InChI=1S/C9H13N3O3/c1-5-9(6(2)12-11-5)10-7(13)3-4-8(14)15/h3-4H2,1-2H3,(H,10,13)(H,11,12)(H,14,15). The summed E-state index contributed by atoms with van der Waals surface area (Å²) in [6.45, 7) is 3.54. The second kappa shape index (κ2) is 4.59. The van der Waals surface area contributed by atoms with E-state index in [2.05, 4.69) is 15.5 Å². The van der Waals surface area contributed by atoms with E-state index >= 15 is 0 Å². The Morgan fingerprint density at radius 2 is 2.07 bits per heavy atom. The number of aryl methyl sites for hydroxylation is 2. The topological polar surface area (TPSA) is 95.1 Å². The number of aromatic amines is 1. The Hall–Kier alpha value is -1.85. The number of carboxylic acids is 1. The number of nitrogens with one attached hydrogen (secondary N) is 2. The third-order valence-corrected chi connectivity index (χ3v) is 1.96. The molecule has 0 unspecified atom stereocenters. The highest BCUT2D eigenvalue weighted by molar-refractivity contribution is 5.93. The highest BCUT2D eigenvalue weighted by atomic mass is 16.4. The normalized spacial score (nSPS) is 10.0. The second-order valence-electron chi connectivity index (χ2n) is 3.25. The van der Waals surface area contributed by atoms with Crippen LogP contribution in [0.15, 0.2) is 0 Å². The minimum Gasteiger partial charge on any atom is -0.481 e. The molecule has 15 heavy (non-hydrogen) atoms. The number of carboxylic acid groups (broad SMARTS) is 1. The van der Waals surface area contributed by atoms with Crippen molar-refractivity contribution in [3.63, 3.8) is 0 Å². The molecule has 0 atom stereocenters. The van der Waals surface area contributed by atoms with Crippen molar-refractivity contribution in [1.29, 1.82) is 0 Å². The van der Waals surface area contributed by atoms with Gasteiger partial charge in [-0.3, -0.25) is 14.7 Å². The molecule has 0 aliphatic heterocycles. The summed E-state index contributed by atoms with van der Waals surface area (Å²) in [6.07, 6.45) is -0.193. The Morgan fingerprint density at radius 3 is 2.53 bits per heavy atom. The van der Waals surface area contributed by atoms with Crippen LogP contribution in [0.25, 0.3) is 0 Å². The Labute approximate surface area is 86.7 Å². The summed E-state index contributed by atoms with van der Waals surface area (Å²) >= 11 is 0. The highest BCUT2D eigenvalue weighted by Crippen LogP contribution is 2.16. The van der Waals surface area contributed by atoms with Gasteiger partial charge in [0, 0.05) is 6.42 Å². The van der Waals surface area contributed by atoms with Gasteiger partial charge < -0.3 is 10.4 Å². The number of carbonyl (C=O) groups excluding carboxylic acids is 1. The van der Waals surface area contributed by atoms with Gasteiger partial charge in [-0.15, -0.1) is 0 Å². The van der Waals surface area contributed by atoms with Gasteiger partial charge in [-0.1, -0.05) is 0 Å². The van der Waals surface area contributed by atoms with Crippen molar-refractivity contribution in [2.75, 3.05) is 5.32 Å². The van der Waals surface area contributed by atoms with E-state index in [-0.39, 0.29) is 18.7 Å². The molecule has 0 saturated heterocycles. The Balaban J connectivity index is 2.55. The van der Waals surface area contributed by atoms with Crippen LogP contribution in [0.2, 0.25) is 0 Å². The highest BCUT2D eigenvalue weighted by Gasteiger charge is 2.10. The second-order valence-corrected chi connectivity index (χ2v) is 3.25. The predicted molar refractivity (Wildman–Crippen MR) is 53.6 cm³/mol. The Bertz CT molecular complexity index is 364. The summed E-state index contributed by atoms with van der Waals surface area (Å²) in [7, 11) is 0. The minimum atomic E-state index is -0.981. The fraction of sp³-hybridized carbons (Fsp3) is 0.444. The molecular weight excluding hydrogens is 198 g/mol. The molecule has 1 aromatic rings. The van der Waals surface area contributed by atoms with E-state index in [1.807, 2.05) is 0 Å². The lowest BCUT2D eigenvalue weighted by molar-refractivity contribution is -0.138. The maximum atomic E-state index is 11.3. The molecule has 6 nitrogen and oxygen atoms in total. The van der Waals surface area contributed by atoms with Gasteiger partial charge in [-0.05, 0) is 13.8 Å². The number of carbonyl (C=O) groups is 2. The number of H-pyrrole nitrogens is 1. The van der Waals surface area contributed by atoms with Crippen LogP contribution in [-0.4, -0.2) is 27.2 Å². The number of hydrogen-bond acceptors (Lipinski definition) is 3. The summed E-state index contributed by atoms with van der Waals surface area (Å²) in [6, 6.07) is 0. The number of amides is 1. The zero-order valence-corrected chi connectivity index (χ0v) is 8.63. The van der Waals surface area contributed by atoms with Crippen LogP contribution in [-0.2, 0) is 9.59 Å². The lowest BCUT2D eigenvalue weighted by atomic mass is 10.2. The first-order valence-electron chi connectivity index (χ1n) is 4.54. The van der Waals surface area contributed by atoms with Crippen molar-refractivity contribution in [3.05, 3.63) is 11.4 Å². The average Bonchev–Trinajstić information content (AvgIpc) is 2.46. The first kappa shape index (κ1) is 11.2. The first-order valence-corrected chi connectivity index (χ1v) is 4.54. The third kappa shape index (κ3) is 3.08. The Morgan fingerprint density at radius 1 is 1.40 bits per heavy atom. The van der Waals surface area contributed by atoms with Gasteiger partial charge in [0.05, 0.1) is 23.5 Å². The smallest absolute Gasteiger partial charge is 0.303 e. The lowest BCUT2D eigenvalue weighted by Crippen LogP contribution is -2.14. The zero-order chi connectivity index (χ0) is 11.4. The van der Waals surface area contributed by atoms with Crippen LogP contribution in [0, 0.1) is 13.8 Å². The van der Waals surface area contributed by atoms with Gasteiger partial charge in [0.1, 0.15) is 0 Å². The van der Waals surface area contributed by atoms with E-state index in [0.717, 1.165) is 5.69 Å². The van der Waals surface area contributed by atoms with E-state index < -0.39 is 5.97 Å². The van der Waals surface area contributed by atoms with Gasteiger partial charge in [-0.2, -0.15) is 5.10 Å².